The van der Waals surface area contributed by atoms with E-state index in [4.69, 9.17) is 5.73 Å². The standard InChI is InChI=1S/C15H23N3O/c1-10-4-6-12(8-10)17-14-9-11(16)5-7-13(14)15(19)18(2)3/h5,7,9-10,12,17H,4,6,8,16H2,1-3H3. The highest BCUT2D eigenvalue weighted by Crippen LogP contribution is 2.29. The van der Waals surface area contributed by atoms with Gasteiger partial charge in [-0.15, -0.1) is 0 Å². The highest BCUT2D eigenvalue weighted by molar-refractivity contribution is 6.00. The first kappa shape index (κ1) is 13.7. The van der Waals surface area contributed by atoms with Crippen molar-refractivity contribution in [3.63, 3.8) is 0 Å². The van der Waals surface area contributed by atoms with Crippen molar-refractivity contribution in [1.29, 1.82) is 0 Å². The number of anilines is 2. The minimum absolute atomic E-state index is 0.00791. The number of hydrogen-bond acceptors (Lipinski definition) is 3. The van der Waals surface area contributed by atoms with Crippen LogP contribution in [-0.2, 0) is 0 Å². The van der Waals surface area contributed by atoms with Crippen LogP contribution in [-0.4, -0.2) is 30.9 Å². The molecule has 19 heavy (non-hydrogen) atoms. The van der Waals surface area contributed by atoms with Crippen LogP contribution >= 0.6 is 0 Å². The Labute approximate surface area is 115 Å². The molecule has 2 atom stereocenters. The first-order valence-corrected chi connectivity index (χ1v) is 6.85. The van der Waals surface area contributed by atoms with Crippen LogP contribution in [0.5, 0.6) is 0 Å². The average Bonchev–Trinajstić information content (AvgIpc) is 2.74. The van der Waals surface area contributed by atoms with Gasteiger partial charge in [-0.3, -0.25) is 4.79 Å². The summed E-state index contributed by atoms with van der Waals surface area (Å²) in [6.07, 6.45) is 3.56. The van der Waals surface area contributed by atoms with Gasteiger partial charge in [0.15, 0.2) is 0 Å². The fraction of sp³-hybridized carbons (Fsp3) is 0.533. The largest absolute Gasteiger partial charge is 0.399 e. The van der Waals surface area contributed by atoms with Gasteiger partial charge in [0.25, 0.3) is 5.91 Å². The number of nitrogens with two attached hydrogens (primary N) is 1. The normalized spacial score (nSPS) is 22.3. The number of nitrogens with zero attached hydrogens (tertiary/aromatic N) is 1. The van der Waals surface area contributed by atoms with Crippen molar-refractivity contribution in [2.45, 2.75) is 32.2 Å². The molecule has 2 rings (SSSR count). The van der Waals surface area contributed by atoms with Crippen LogP contribution in [0.1, 0.15) is 36.5 Å². The van der Waals surface area contributed by atoms with Crippen molar-refractivity contribution in [2.75, 3.05) is 25.1 Å². The van der Waals surface area contributed by atoms with Gasteiger partial charge in [0.2, 0.25) is 0 Å². The summed E-state index contributed by atoms with van der Waals surface area (Å²) >= 11 is 0. The Balaban J connectivity index is 2.22. The molecule has 0 radical (unpaired) electrons. The molecule has 0 spiro atoms. The predicted molar refractivity (Wildman–Crippen MR) is 79.3 cm³/mol. The van der Waals surface area contributed by atoms with Crippen molar-refractivity contribution < 1.29 is 4.79 Å². The van der Waals surface area contributed by atoms with Gasteiger partial charge in [-0.05, 0) is 43.4 Å². The summed E-state index contributed by atoms with van der Waals surface area (Å²) in [7, 11) is 3.53. The Bertz CT molecular complexity index is 470. The Morgan fingerprint density at radius 2 is 2.11 bits per heavy atom. The fourth-order valence-electron chi connectivity index (χ4n) is 2.67. The van der Waals surface area contributed by atoms with Crippen LogP contribution in [0, 0.1) is 5.92 Å². The van der Waals surface area contributed by atoms with E-state index < -0.39 is 0 Å². The van der Waals surface area contributed by atoms with Crippen LogP contribution in [0.25, 0.3) is 0 Å². The highest BCUT2D eigenvalue weighted by atomic mass is 16.2. The van der Waals surface area contributed by atoms with Gasteiger partial charge >= 0.3 is 0 Å². The van der Waals surface area contributed by atoms with E-state index in [1.54, 1.807) is 31.1 Å². The van der Waals surface area contributed by atoms with E-state index in [0.717, 1.165) is 24.4 Å². The van der Waals surface area contributed by atoms with Crippen LogP contribution in [0.2, 0.25) is 0 Å². The highest BCUT2D eigenvalue weighted by Gasteiger charge is 2.23. The van der Waals surface area contributed by atoms with E-state index in [0.29, 0.717) is 17.3 Å². The number of carbonyl (C=O) groups is 1. The molecule has 1 amide bonds. The second-order valence-electron chi connectivity index (χ2n) is 5.76. The third-order valence-electron chi connectivity index (χ3n) is 3.73. The summed E-state index contributed by atoms with van der Waals surface area (Å²) in [4.78, 5) is 13.8. The lowest BCUT2D eigenvalue weighted by atomic mass is 10.1. The molecule has 1 aromatic carbocycles. The van der Waals surface area contributed by atoms with Crippen molar-refractivity contribution in [2.24, 2.45) is 5.92 Å². The van der Waals surface area contributed by atoms with E-state index in [1.165, 1.54) is 6.42 Å². The number of nitrogens with one attached hydrogen (secondary N) is 1. The number of rotatable bonds is 3. The molecular weight excluding hydrogens is 238 g/mol. The lowest BCUT2D eigenvalue weighted by Crippen LogP contribution is -2.25. The number of amides is 1. The van der Waals surface area contributed by atoms with Crippen LogP contribution < -0.4 is 11.1 Å². The quantitative estimate of drug-likeness (QED) is 0.822. The maximum atomic E-state index is 12.2. The van der Waals surface area contributed by atoms with Gasteiger partial charge in [0, 0.05) is 31.5 Å². The first-order valence-electron chi connectivity index (χ1n) is 6.85. The van der Waals surface area contributed by atoms with E-state index in [2.05, 4.69) is 12.2 Å². The fourth-order valence-corrected chi connectivity index (χ4v) is 2.67. The van der Waals surface area contributed by atoms with Gasteiger partial charge in [-0.1, -0.05) is 6.92 Å². The third-order valence-corrected chi connectivity index (χ3v) is 3.73. The predicted octanol–water partition coefficient (Wildman–Crippen LogP) is 2.57. The maximum absolute atomic E-state index is 12.2. The monoisotopic (exact) mass is 261 g/mol. The molecule has 0 aliphatic heterocycles. The number of hydrogen-bond donors (Lipinski definition) is 2. The van der Waals surface area contributed by atoms with Gasteiger partial charge in [0.1, 0.15) is 0 Å². The van der Waals surface area contributed by atoms with Crippen molar-refractivity contribution in [1.82, 2.24) is 4.90 Å². The number of carbonyl (C=O) groups excluding carboxylic acids is 1. The average molecular weight is 261 g/mol. The Morgan fingerprint density at radius 1 is 1.37 bits per heavy atom. The lowest BCUT2D eigenvalue weighted by molar-refractivity contribution is 0.0828. The summed E-state index contributed by atoms with van der Waals surface area (Å²) in [6, 6.07) is 5.89. The minimum Gasteiger partial charge on any atom is -0.399 e. The molecule has 0 heterocycles. The zero-order chi connectivity index (χ0) is 14.0. The summed E-state index contributed by atoms with van der Waals surface area (Å²) in [6.45, 7) is 2.27. The topological polar surface area (TPSA) is 58.4 Å². The molecule has 0 bridgehead atoms. The van der Waals surface area contributed by atoms with Crippen LogP contribution in [0.3, 0.4) is 0 Å². The SMILES string of the molecule is CC1CCC(Nc2cc(N)ccc2C(=O)N(C)C)C1. The summed E-state index contributed by atoms with van der Waals surface area (Å²) in [5.41, 5.74) is 8.08. The molecule has 1 aliphatic rings. The van der Waals surface area contributed by atoms with Crippen LogP contribution in [0.4, 0.5) is 11.4 Å². The van der Waals surface area contributed by atoms with E-state index in [-0.39, 0.29) is 5.91 Å². The van der Waals surface area contributed by atoms with Gasteiger partial charge in [-0.2, -0.15) is 0 Å². The maximum Gasteiger partial charge on any atom is 0.255 e. The third kappa shape index (κ3) is 3.19. The lowest BCUT2D eigenvalue weighted by Gasteiger charge is -2.19. The second kappa shape index (κ2) is 5.51. The molecule has 1 saturated carbocycles. The van der Waals surface area contributed by atoms with Gasteiger partial charge < -0.3 is 16.0 Å². The van der Waals surface area contributed by atoms with Gasteiger partial charge in [-0.25, -0.2) is 0 Å². The van der Waals surface area contributed by atoms with Crippen LogP contribution in [0.15, 0.2) is 18.2 Å². The molecule has 104 valence electrons. The second-order valence-corrected chi connectivity index (χ2v) is 5.76. The zero-order valence-corrected chi connectivity index (χ0v) is 11.9. The summed E-state index contributed by atoms with van der Waals surface area (Å²) in [5, 5.41) is 3.49. The molecule has 0 aromatic heterocycles. The van der Waals surface area contributed by atoms with E-state index in [1.807, 2.05) is 6.07 Å². The number of benzene rings is 1. The Hall–Kier alpha value is -1.71. The summed E-state index contributed by atoms with van der Waals surface area (Å²) in [5.74, 6) is 0.764. The molecule has 1 fully saturated rings. The van der Waals surface area contributed by atoms with E-state index >= 15 is 0 Å². The Kier molecular flexibility index (Phi) is 3.98. The molecule has 1 aliphatic carbocycles. The smallest absolute Gasteiger partial charge is 0.255 e. The Morgan fingerprint density at radius 3 is 2.68 bits per heavy atom. The molecular formula is C15H23N3O. The molecule has 4 nitrogen and oxygen atoms in total. The van der Waals surface area contributed by atoms with Crippen molar-refractivity contribution in [3.8, 4) is 0 Å². The summed E-state index contributed by atoms with van der Waals surface area (Å²) < 4.78 is 0. The van der Waals surface area contributed by atoms with E-state index in [9.17, 15) is 4.79 Å². The minimum atomic E-state index is 0.00791. The molecule has 2 unspecified atom stereocenters. The van der Waals surface area contributed by atoms with Gasteiger partial charge in [0.05, 0.1) is 5.56 Å². The molecule has 4 heteroatoms. The van der Waals surface area contributed by atoms with Crippen molar-refractivity contribution in [3.05, 3.63) is 23.8 Å². The first-order chi connectivity index (χ1) is 8.97. The molecule has 0 saturated heterocycles. The molecule has 1 aromatic rings. The van der Waals surface area contributed by atoms with Crippen molar-refractivity contribution >= 4 is 17.3 Å². The zero-order valence-electron chi connectivity index (χ0n) is 11.9. The molecule has 3 N–H and O–H groups in total. The number of nitrogen functional groups attached to an aromatic ring is 1.